The van der Waals surface area contributed by atoms with E-state index in [1.807, 2.05) is 39.0 Å². The number of carbonyl (C=O) groups excluding carboxylic acids is 2. The van der Waals surface area contributed by atoms with Gasteiger partial charge in [-0.1, -0.05) is 6.07 Å². The molecule has 132 valence electrons. The highest BCUT2D eigenvalue weighted by atomic mass is 16.7. The number of Topliss-reactive ketones (excluding diaryl/α,β-unsaturated/α-hetero) is 1. The van der Waals surface area contributed by atoms with Crippen LogP contribution in [0.4, 0.5) is 0 Å². The van der Waals surface area contributed by atoms with E-state index in [9.17, 15) is 9.59 Å². The van der Waals surface area contributed by atoms with E-state index < -0.39 is 5.54 Å². The third-order valence-corrected chi connectivity index (χ3v) is 3.87. The summed E-state index contributed by atoms with van der Waals surface area (Å²) in [5.74, 6) is 1.52. The first kappa shape index (κ1) is 18.3. The van der Waals surface area contributed by atoms with Crippen LogP contribution in [0.15, 0.2) is 18.2 Å². The molecule has 1 amide bonds. The molecule has 0 saturated heterocycles. The maximum absolute atomic E-state index is 12.0. The lowest BCUT2D eigenvalue weighted by atomic mass is 9.98. The van der Waals surface area contributed by atoms with E-state index in [1.165, 1.54) is 6.92 Å². The summed E-state index contributed by atoms with van der Waals surface area (Å²) in [6.07, 6.45) is 0.690. The van der Waals surface area contributed by atoms with Gasteiger partial charge in [-0.3, -0.25) is 9.59 Å². The van der Waals surface area contributed by atoms with Crippen molar-refractivity contribution in [3.05, 3.63) is 23.8 Å². The van der Waals surface area contributed by atoms with Crippen molar-refractivity contribution in [1.82, 2.24) is 10.6 Å². The maximum Gasteiger partial charge on any atom is 0.231 e. The highest BCUT2D eigenvalue weighted by Gasteiger charge is 2.22. The average Bonchev–Trinajstić information content (AvgIpc) is 2.92. The Kier molecular flexibility index (Phi) is 5.83. The lowest BCUT2D eigenvalue weighted by Gasteiger charge is -2.25. The Labute approximate surface area is 142 Å². The molecule has 2 rings (SSSR count). The molecule has 1 aliphatic heterocycles. The quantitative estimate of drug-likeness (QED) is 0.763. The molecular formula is C18H26N2O4. The third kappa shape index (κ3) is 5.23. The van der Waals surface area contributed by atoms with Crippen LogP contribution < -0.4 is 20.1 Å². The number of carbonyl (C=O) groups is 2. The van der Waals surface area contributed by atoms with Crippen molar-refractivity contribution in [3.63, 3.8) is 0 Å². The van der Waals surface area contributed by atoms with Crippen molar-refractivity contribution in [2.24, 2.45) is 0 Å². The van der Waals surface area contributed by atoms with Crippen LogP contribution in [0.3, 0.4) is 0 Å². The minimum absolute atomic E-state index is 0.0633. The Morgan fingerprint density at radius 1 is 1.25 bits per heavy atom. The molecule has 1 aromatic carbocycles. The van der Waals surface area contributed by atoms with E-state index in [1.54, 1.807) is 0 Å². The van der Waals surface area contributed by atoms with E-state index in [2.05, 4.69) is 10.6 Å². The number of hydrogen-bond donors (Lipinski definition) is 2. The van der Waals surface area contributed by atoms with Gasteiger partial charge in [0.15, 0.2) is 11.5 Å². The molecule has 6 heteroatoms. The fraction of sp³-hybridized carbons (Fsp3) is 0.556. The number of fused-ring (bicyclic) bond motifs is 1. The highest BCUT2D eigenvalue weighted by Crippen LogP contribution is 2.34. The van der Waals surface area contributed by atoms with Crippen LogP contribution in [0.25, 0.3) is 0 Å². The molecule has 1 aliphatic rings. The van der Waals surface area contributed by atoms with Crippen molar-refractivity contribution in [2.75, 3.05) is 13.3 Å². The molecule has 0 spiro atoms. The van der Waals surface area contributed by atoms with Crippen LogP contribution in [0.5, 0.6) is 11.5 Å². The van der Waals surface area contributed by atoms with E-state index in [0.29, 0.717) is 19.4 Å². The van der Waals surface area contributed by atoms with Gasteiger partial charge < -0.3 is 20.1 Å². The van der Waals surface area contributed by atoms with Gasteiger partial charge >= 0.3 is 0 Å². The number of ether oxygens (including phenoxy) is 2. The molecule has 0 aromatic heterocycles. The van der Waals surface area contributed by atoms with Crippen LogP contribution in [0.1, 0.15) is 52.1 Å². The van der Waals surface area contributed by atoms with Crippen molar-refractivity contribution in [3.8, 4) is 11.5 Å². The minimum atomic E-state index is -0.508. The van der Waals surface area contributed by atoms with Crippen LogP contribution in [-0.4, -0.2) is 30.6 Å². The number of hydrogen-bond acceptors (Lipinski definition) is 5. The van der Waals surface area contributed by atoms with Gasteiger partial charge in [-0.25, -0.2) is 0 Å². The molecule has 0 bridgehead atoms. The Bertz CT molecular complexity index is 613. The molecule has 1 heterocycles. The van der Waals surface area contributed by atoms with Crippen LogP contribution in [0, 0.1) is 0 Å². The van der Waals surface area contributed by atoms with Gasteiger partial charge in [-0.15, -0.1) is 0 Å². The lowest BCUT2D eigenvalue weighted by Crippen LogP contribution is -2.45. The normalized spacial score (nSPS) is 14.3. The van der Waals surface area contributed by atoms with Crippen LogP contribution >= 0.6 is 0 Å². The summed E-state index contributed by atoms with van der Waals surface area (Å²) in [5.41, 5.74) is 0.572. The first-order valence-electron chi connectivity index (χ1n) is 8.20. The summed E-state index contributed by atoms with van der Waals surface area (Å²) in [4.78, 5) is 23.2. The standard InChI is InChI=1S/C18H26N2O4/c1-12(21)10-18(3,4)20-17(22)7-8-19-13(2)14-5-6-15-16(9-14)24-11-23-15/h5-6,9,13,19H,7-8,10-11H2,1-4H3,(H,20,22). The topological polar surface area (TPSA) is 76.7 Å². The van der Waals surface area contributed by atoms with Gasteiger partial charge in [-0.2, -0.15) is 0 Å². The predicted molar refractivity (Wildman–Crippen MR) is 91.1 cm³/mol. The van der Waals surface area contributed by atoms with E-state index >= 15 is 0 Å². The van der Waals surface area contributed by atoms with Gasteiger partial charge in [0, 0.05) is 31.0 Å². The minimum Gasteiger partial charge on any atom is -0.454 e. The van der Waals surface area contributed by atoms with Crippen LogP contribution in [-0.2, 0) is 9.59 Å². The van der Waals surface area contributed by atoms with Gasteiger partial charge in [0.25, 0.3) is 0 Å². The van der Waals surface area contributed by atoms with E-state index in [0.717, 1.165) is 17.1 Å². The molecule has 24 heavy (non-hydrogen) atoms. The number of nitrogens with one attached hydrogen (secondary N) is 2. The molecule has 1 unspecified atom stereocenters. The van der Waals surface area contributed by atoms with Crippen molar-refractivity contribution in [2.45, 2.75) is 52.1 Å². The molecule has 0 fully saturated rings. The number of ketones is 1. The number of amides is 1. The average molecular weight is 334 g/mol. The molecule has 0 aliphatic carbocycles. The molecule has 0 radical (unpaired) electrons. The zero-order chi connectivity index (χ0) is 17.7. The smallest absolute Gasteiger partial charge is 0.231 e. The first-order chi connectivity index (χ1) is 11.3. The summed E-state index contributed by atoms with van der Waals surface area (Å²) < 4.78 is 10.7. The highest BCUT2D eigenvalue weighted by molar-refractivity contribution is 5.80. The molecule has 6 nitrogen and oxygen atoms in total. The number of benzene rings is 1. The van der Waals surface area contributed by atoms with Gasteiger partial charge in [0.05, 0.1) is 0 Å². The Morgan fingerprint density at radius 3 is 2.67 bits per heavy atom. The van der Waals surface area contributed by atoms with Gasteiger partial charge in [0.1, 0.15) is 5.78 Å². The molecule has 2 N–H and O–H groups in total. The summed E-state index contributed by atoms with van der Waals surface area (Å²) in [6, 6.07) is 5.93. The zero-order valence-corrected chi connectivity index (χ0v) is 14.8. The Hall–Kier alpha value is -2.08. The fourth-order valence-electron chi connectivity index (χ4n) is 2.81. The monoisotopic (exact) mass is 334 g/mol. The molecule has 0 saturated carbocycles. The van der Waals surface area contributed by atoms with E-state index in [4.69, 9.17) is 9.47 Å². The molecular weight excluding hydrogens is 308 g/mol. The van der Waals surface area contributed by atoms with Crippen molar-refractivity contribution in [1.29, 1.82) is 0 Å². The molecule has 1 aromatic rings. The maximum atomic E-state index is 12.0. The zero-order valence-electron chi connectivity index (χ0n) is 14.8. The van der Waals surface area contributed by atoms with Gasteiger partial charge in [0.2, 0.25) is 12.7 Å². The largest absolute Gasteiger partial charge is 0.454 e. The SMILES string of the molecule is CC(=O)CC(C)(C)NC(=O)CCNC(C)c1ccc2c(c1)OCO2. The van der Waals surface area contributed by atoms with Gasteiger partial charge in [-0.05, 0) is 45.4 Å². The fourth-order valence-corrected chi connectivity index (χ4v) is 2.81. The second-order valence-corrected chi connectivity index (χ2v) is 6.85. The summed E-state index contributed by atoms with van der Waals surface area (Å²) >= 11 is 0. The summed E-state index contributed by atoms with van der Waals surface area (Å²) in [7, 11) is 0. The van der Waals surface area contributed by atoms with E-state index in [-0.39, 0.29) is 24.5 Å². The second kappa shape index (κ2) is 7.66. The summed E-state index contributed by atoms with van der Waals surface area (Å²) in [5, 5.41) is 6.22. The summed E-state index contributed by atoms with van der Waals surface area (Å²) in [6.45, 7) is 8.09. The predicted octanol–water partition coefficient (Wildman–Crippen LogP) is 2.33. The third-order valence-electron chi connectivity index (χ3n) is 3.87. The van der Waals surface area contributed by atoms with Crippen LogP contribution in [0.2, 0.25) is 0 Å². The Balaban J connectivity index is 1.77. The first-order valence-corrected chi connectivity index (χ1v) is 8.20. The molecule has 1 atom stereocenters. The second-order valence-electron chi connectivity index (χ2n) is 6.85. The van der Waals surface area contributed by atoms with Crippen molar-refractivity contribution >= 4 is 11.7 Å². The van der Waals surface area contributed by atoms with Crippen molar-refractivity contribution < 1.29 is 19.1 Å². The lowest BCUT2D eigenvalue weighted by molar-refractivity contribution is -0.123. The number of rotatable bonds is 8. The Morgan fingerprint density at radius 2 is 1.96 bits per heavy atom.